The van der Waals surface area contributed by atoms with Crippen LogP contribution in [0.5, 0.6) is 5.75 Å². The van der Waals surface area contributed by atoms with Gasteiger partial charge in [0.2, 0.25) is 0 Å². The van der Waals surface area contributed by atoms with Crippen molar-refractivity contribution in [3.8, 4) is 5.75 Å². The van der Waals surface area contributed by atoms with Gasteiger partial charge in [0.15, 0.2) is 11.9 Å². The minimum absolute atomic E-state index is 0. The molecule has 2 nitrogen and oxygen atoms in total. The molecule has 0 atom stereocenters. The molecule has 0 fully saturated rings. The Morgan fingerprint density at radius 2 is 1.67 bits per heavy atom. The first-order valence-corrected chi connectivity index (χ1v) is 3.41. The molecule has 1 aromatic carbocycles. The molecule has 1 aromatic rings. The maximum absolute atomic E-state index is 12.3. The zero-order chi connectivity index (χ0) is 8.27. The van der Waals surface area contributed by atoms with Crippen LogP contribution in [0.3, 0.4) is 0 Å². The van der Waals surface area contributed by atoms with Crippen molar-refractivity contribution in [3.05, 3.63) is 29.8 Å². The Morgan fingerprint density at radius 3 is 2.08 bits per heavy atom. The Labute approximate surface area is 93.9 Å². The Balaban J connectivity index is 0.00000121. The molecule has 0 aliphatic carbocycles. The summed E-state index contributed by atoms with van der Waals surface area (Å²) in [6, 6.07) is 2.58. The van der Waals surface area contributed by atoms with Crippen molar-refractivity contribution in [2.24, 2.45) is 0 Å². The third-order valence-corrected chi connectivity index (χ3v) is 1.26. The zero-order valence-electron chi connectivity index (χ0n) is 5.25. The molecule has 0 spiro atoms. The molecule has 0 saturated carbocycles. The normalized spacial score (nSPS) is 8.83. The molecule has 0 aliphatic rings. The van der Waals surface area contributed by atoms with Gasteiger partial charge >= 0.3 is 29.6 Å². The van der Waals surface area contributed by atoms with Gasteiger partial charge in [0.1, 0.15) is 17.4 Å². The van der Waals surface area contributed by atoms with Gasteiger partial charge < -0.3 is 4.18 Å². The van der Waals surface area contributed by atoms with E-state index in [0.717, 1.165) is 12.1 Å². The molecular weight excluding hydrogens is 197 g/mol. The number of thiol groups is 1. The van der Waals surface area contributed by atoms with E-state index in [1.165, 1.54) is 0 Å². The fraction of sp³-hybridized carbons (Fsp3) is 0. The van der Waals surface area contributed by atoms with Gasteiger partial charge in [0.05, 0.1) is 0 Å². The first kappa shape index (κ1) is 12.0. The molecule has 1 rings (SSSR count). The molecule has 0 unspecified atom stereocenters. The summed E-state index contributed by atoms with van der Waals surface area (Å²) in [6.45, 7) is 0. The molecule has 0 bridgehead atoms. The van der Waals surface area contributed by atoms with Gasteiger partial charge in [0.25, 0.3) is 0 Å². The summed E-state index contributed by atoms with van der Waals surface area (Å²) in [7, 11) is 0. The SMILES string of the molecule is O=[SH]Oc1cc(F)cc(F)c1.[NaH]. The van der Waals surface area contributed by atoms with Crippen molar-refractivity contribution < 1.29 is 17.2 Å². The van der Waals surface area contributed by atoms with Crippen LogP contribution in [0.15, 0.2) is 18.2 Å². The number of hydrogen-bond acceptors (Lipinski definition) is 2. The minimum atomic E-state index is -0.761. The second-order valence-corrected chi connectivity index (χ2v) is 2.10. The predicted molar refractivity (Wildman–Crippen MR) is 43.7 cm³/mol. The van der Waals surface area contributed by atoms with Crippen molar-refractivity contribution >= 4 is 41.5 Å². The van der Waals surface area contributed by atoms with E-state index in [-0.39, 0.29) is 35.3 Å². The number of rotatable bonds is 2. The van der Waals surface area contributed by atoms with Crippen LogP contribution in [0, 0.1) is 11.6 Å². The van der Waals surface area contributed by atoms with Crippen molar-refractivity contribution in [3.63, 3.8) is 0 Å². The van der Waals surface area contributed by atoms with Crippen LogP contribution in [-0.4, -0.2) is 33.8 Å². The van der Waals surface area contributed by atoms with Crippen molar-refractivity contribution in [1.29, 1.82) is 0 Å². The van der Waals surface area contributed by atoms with E-state index in [2.05, 4.69) is 4.18 Å². The summed E-state index contributed by atoms with van der Waals surface area (Å²) in [6.07, 6.45) is 0. The molecule has 0 heterocycles. The Hall–Kier alpha value is 0.0300. The van der Waals surface area contributed by atoms with Crippen LogP contribution >= 0.6 is 0 Å². The van der Waals surface area contributed by atoms with Crippen LogP contribution < -0.4 is 4.18 Å². The van der Waals surface area contributed by atoms with Crippen LogP contribution in [0.4, 0.5) is 8.78 Å². The fourth-order valence-corrected chi connectivity index (χ4v) is 0.816. The van der Waals surface area contributed by atoms with Gasteiger partial charge in [-0.15, -0.1) is 0 Å². The van der Waals surface area contributed by atoms with E-state index in [9.17, 15) is 13.0 Å². The monoisotopic (exact) mass is 202 g/mol. The van der Waals surface area contributed by atoms with Gasteiger partial charge in [-0.05, 0) is 0 Å². The third kappa shape index (κ3) is 3.62. The van der Waals surface area contributed by atoms with E-state index in [1.54, 1.807) is 0 Å². The number of benzene rings is 1. The molecule has 12 heavy (non-hydrogen) atoms. The molecular formula is C6H5F2NaO2S. The number of halogens is 2. The number of hydrogen-bond donors (Lipinski definition) is 1. The zero-order valence-corrected chi connectivity index (χ0v) is 6.15. The van der Waals surface area contributed by atoms with Crippen LogP contribution in [0.25, 0.3) is 0 Å². The maximum atomic E-state index is 12.3. The summed E-state index contributed by atoms with van der Waals surface area (Å²) in [5, 5.41) is 0. The Kier molecular flexibility index (Phi) is 5.65. The molecule has 6 heteroatoms. The first-order valence-electron chi connectivity index (χ1n) is 2.68. The summed E-state index contributed by atoms with van der Waals surface area (Å²) in [5.41, 5.74) is 0. The molecule has 0 saturated heterocycles. The summed E-state index contributed by atoms with van der Waals surface area (Å²) < 4.78 is 38.8. The van der Waals surface area contributed by atoms with E-state index in [1.807, 2.05) is 0 Å². The van der Waals surface area contributed by atoms with Crippen LogP contribution in [-0.2, 0) is 11.9 Å². The molecule has 62 valence electrons. The van der Waals surface area contributed by atoms with E-state index in [4.69, 9.17) is 0 Å². The molecule has 0 radical (unpaired) electrons. The summed E-state index contributed by atoms with van der Waals surface area (Å²) >= 11 is -0.633. The van der Waals surface area contributed by atoms with E-state index >= 15 is 0 Å². The standard InChI is InChI=1S/C6H4F2O2S.Na.H/c7-4-1-5(8)3-6(2-4)10-11-9;;/h1-3,11H;;. The second-order valence-electron chi connectivity index (χ2n) is 1.77. The van der Waals surface area contributed by atoms with Gasteiger partial charge in [0, 0.05) is 18.2 Å². The predicted octanol–water partition coefficient (Wildman–Crippen LogP) is 0.555. The quantitative estimate of drug-likeness (QED) is 0.560. The molecule has 0 aromatic heterocycles. The van der Waals surface area contributed by atoms with E-state index < -0.39 is 23.6 Å². The van der Waals surface area contributed by atoms with Gasteiger partial charge in [-0.3, -0.25) is 0 Å². The second kappa shape index (κ2) is 5.64. The van der Waals surface area contributed by atoms with Crippen molar-refractivity contribution in [2.45, 2.75) is 0 Å². The van der Waals surface area contributed by atoms with Crippen molar-refractivity contribution in [2.75, 3.05) is 0 Å². The van der Waals surface area contributed by atoms with Gasteiger partial charge in [-0.1, -0.05) is 0 Å². The summed E-state index contributed by atoms with van der Waals surface area (Å²) in [4.78, 5) is 0. The van der Waals surface area contributed by atoms with E-state index in [0.29, 0.717) is 6.07 Å². The van der Waals surface area contributed by atoms with Crippen molar-refractivity contribution in [1.82, 2.24) is 0 Å². The first-order chi connectivity index (χ1) is 5.22. The van der Waals surface area contributed by atoms with Gasteiger partial charge in [-0.2, -0.15) is 0 Å². The summed E-state index contributed by atoms with van der Waals surface area (Å²) in [5.74, 6) is -1.62. The topological polar surface area (TPSA) is 26.3 Å². The average molecular weight is 202 g/mol. The molecule has 0 N–H and O–H groups in total. The average Bonchev–Trinajstić information content (AvgIpc) is 1.85. The molecule has 0 amide bonds. The molecule has 0 aliphatic heterocycles. The van der Waals surface area contributed by atoms with Crippen LogP contribution in [0.1, 0.15) is 0 Å². The van der Waals surface area contributed by atoms with Crippen LogP contribution in [0.2, 0.25) is 0 Å². The Morgan fingerprint density at radius 1 is 1.17 bits per heavy atom. The van der Waals surface area contributed by atoms with Gasteiger partial charge in [-0.25, -0.2) is 13.0 Å². The Bertz CT molecular complexity index is 262. The fourth-order valence-electron chi connectivity index (χ4n) is 0.624. The third-order valence-electron chi connectivity index (χ3n) is 0.979.